The molecule has 0 aliphatic heterocycles. The molecule has 0 saturated carbocycles. The van der Waals surface area contributed by atoms with Gasteiger partial charge in [0.05, 0.1) is 0 Å². The Morgan fingerprint density at radius 3 is 0.797 bits per heavy atom. The number of benzene rings is 10. The molecule has 0 saturated heterocycles. The molecule has 10 aromatic carbocycles. The Morgan fingerprint density at radius 1 is 0.243 bits per heavy atom. The topological polar surface area (TPSA) is 0 Å². The monoisotopic (exact) mass is 963 g/mol. The lowest BCUT2D eigenvalue weighted by Crippen LogP contribution is -2.25. The molecule has 0 radical (unpaired) electrons. The fourth-order valence-corrected chi connectivity index (χ4v) is 14.7. The van der Waals surface area contributed by atoms with E-state index in [-0.39, 0.29) is 10.8 Å². The van der Waals surface area contributed by atoms with E-state index in [9.17, 15) is 0 Å². The maximum absolute atomic E-state index is 2.65. The van der Waals surface area contributed by atoms with E-state index in [1.165, 1.54) is 201 Å². The van der Waals surface area contributed by atoms with Gasteiger partial charge >= 0.3 is 0 Å². The van der Waals surface area contributed by atoms with Crippen LogP contribution < -0.4 is 0 Å². The van der Waals surface area contributed by atoms with Gasteiger partial charge in [-0.05, 0) is 159 Å². The highest BCUT2D eigenvalue weighted by Crippen LogP contribution is 2.58. The zero-order valence-electron chi connectivity index (χ0n) is 44.6. The first-order valence-electron chi connectivity index (χ1n) is 28.9. The Bertz CT molecular complexity index is 3310. The summed E-state index contributed by atoms with van der Waals surface area (Å²) in [5.74, 6) is 0. The summed E-state index contributed by atoms with van der Waals surface area (Å²) in [6.45, 7) is 9.39. The maximum Gasteiger partial charge on any atom is 0.0215 e. The van der Waals surface area contributed by atoms with Crippen molar-refractivity contribution in [2.24, 2.45) is 0 Å². The van der Waals surface area contributed by atoms with Crippen molar-refractivity contribution in [1.82, 2.24) is 0 Å². The van der Waals surface area contributed by atoms with Gasteiger partial charge in [-0.25, -0.2) is 0 Å². The molecule has 0 bridgehead atoms. The lowest BCUT2D eigenvalue weighted by atomic mass is 9.70. The molecule has 0 amide bonds. The van der Waals surface area contributed by atoms with Crippen molar-refractivity contribution in [3.05, 3.63) is 204 Å². The Morgan fingerprint density at radius 2 is 0.500 bits per heavy atom. The first-order chi connectivity index (χ1) is 36.6. The number of fused-ring (bicyclic) bond motifs is 10. The standard InChI is InChI=1S/C74H74/c1-5-9-25-45-73(46-26-10-6-2)65-39-23-21-29-53(65)55-43-41-51(49-67(55)73)69-57-31-13-17-35-61(57)71(62-36-18-14-32-58(62)69)72-63-37-19-15-33-59(63)70(60-34-16-20-38-64(60)72)52-42-44-56-54-30-22-24-40-66(54)74(68(56)50-52,47-27-11-7-3)48-28-12-8-4/h13-24,29-44,49-50H,5-12,25-28,45-48H2,1-4H3. The zero-order valence-corrected chi connectivity index (χ0v) is 44.6. The van der Waals surface area contributed by atoms with Crippen molar-refractivity contribution in [2.45, 2.75) is 141 Å². The van der Waals surface area contributed by atoms with Crippen LogP contribution in [0, 0.1) is 0 Å². The number of unbranched alkanes of at least 4 members (excludes halogenated alkanes) is 8. The van der Waals surface area contributed by atoms with Gasteiger partial charge in [-0.2, -0.15) is 0 Å². The zero-order chi connectivity index (χ0) is 50.2. The molecule has 0 heterocycles. The van der Waals surface area contributed by atoms with Gasteiger partial charge in [0.2, 0.25) is 0 Å². The minimum absolute atomic E-state index is 0.0197. The Balaban J connectivity index is 1.08. The molecule has 0 nitrogen and oxygen atoms in total. The molecule has 74 heavy (non-hydrogen) atoms. The summed E-state index contributed by atoms with van der Waals surface area (Å²) < 4.78 is 0. The number of hydrogen-bond donors (Lipinski definition) is 0. The quantitative estimate of drug-likeness (QED) is 0.0560. The van der Waals surface area contributed by atoms with Crippen molar-refractivity contribution in [2.75, 3.05) is 0 Å². The van der Waals surface area contributed by atoms with Gasteiger partial charge in [0.15, 0.2) is 0 Å². The van der Waals surface area contributed by atoms with Gasteiger partial charge in [0.25, 0.3) is 0 Å². The Hall–Kier alpha value is -6.76. The lowest BCUT2D eigenvalue weighted by Gasteiger charge is -2.33. The largest absolute Gasteiger partial charge is 0.0654 e. The van der Waals surface area contributed by atoms with Crippen molar-refractivity contribution < 1.29 is 0 Å². The van der Waals surface area contributed by atoms with E-state index < -0.39 is 0 Å². The summed E-state index contributed by atoms with van der Waals surface area (Å²) in [5.41, 5.74) is 20.0. The van der Waals surface area contributed by atoms with E-state index in [1.807, 2.05) is 0 Å². The molecule has 10 aromatic rings. The summed E-state index contributed by atoms with van der Waals surface area (Å²) in [6, 6.07) is 71.4. The summed E-state index contributed by atoms with van der Waals surface area (Å²) in [4.78, 5) is 0. The molecule has 2 aliphatic carbocycles. The molecular weight excluding hydrogens is 889 g/mol. The maximum atomic E-state index is 2.65. The second-order valence-corrected chi connectivity index (χ2v) is 22.3. The smallest absolute Gasteiger partial charge is 0.0215 e. The molecule has 0 unspecified atom stereocenters. The van der Waals surface area contributed by atoms with Crippen LogP contribution in [0.25, 0.3) is 98.7 Å². The van der Waals surface area contributed by atoms with Gasteiger partial charge in [-0.3, -0.25) is 0 Å². The SMILES string of the molecule is CCCCCC1(CCCCC)c2ccccc2-c2ccc(-c3c4ccccc4c(-c4c5ccccc5c(-c5ccc6c(c5)C(CCCCC)(CCCCC)c5ccccc5-6)c5ccccc45)c4ccccc34)cc21. The van der Waals surface area contributed by atoms with Gasteiger partial charge in [0, 0.05) is 10.8 Å². The third-order valence-electron chi connectivity index (χ3n) is 18.1. The van der Waals surface area contributed by atoms with Crippen molar-refractivity contribution in [1.29, 1.82) is 0 Å². The van der Waals surface area contributed by atoms with E-state index >= 15 is 0 Å². The lowest BCUT2D eigenvalue weighted by molar-refractivity contribution is 0.405. The molecule has 2 aliphatic rings. The van der Waals surface area contributed by atoms with E-state index in [0.717, 1.165) is 0 Å². The summed E-state index contributed by atoms with van der Waals surface area (Å²) in [6.07, 6.45) is 19.8. The number of rotatable bonds is 19. The summed E-state index contributed by atoms with van der Waals surface area (Å²) in [5, 5.41) is 10.5. The first-order valence-corrected chi connectivity index (χ1v) is 28.9. The van der Waals surface area contributed by atoms with Crippen LogP contribution in [0.3, 0.4) is 0 Å². The highest BCUT2D eigenvalue weighted by atomic mass is 14.5. The van der Waals surface area contributed by atoms with E-state index in [0.29, 0.717) is 0 Å². The van der Waals surface area contributed by atoms with Crippen LogP contribution >= 0.6 is 0 Å². The van der Waals surface area contributed by atoms with E-state index in [1.54, 1.807) is 22.3 Å². The van der Waals surface area contributed by atoms with Crippen LogP contribution in [0.2, 0.25) is 0 Å². The molecule has 0 spiro atoms. The minimum Gasteiger partial charge on any atom is -0.0654 e. The summed E-state index contributed by atoms with van der Waals surface area (Å²) in [7, 11) is 0. The number of hydrogen-bond acceptors (Lipinski definition) is 0. The summed E-state index contributed by atoms with van der Waals surface area (Å²) >= 11 is 0. The van der Waals surface area contributed by atoms with E-state index in [2.05, 4.69) is 210 Å². The fraction of sp³-hybridized carbons (Fsp3) is 0.297. The molecule has 0 aromatic heterocycles. The molecular formula is C74H74. The third-order valence-corrected chi connectivity index (χ3v) is 18.1. The molecule has 0 heteroatoms. The minimum atomic E-state index is 0.0197. The Labute approximate surface area is 441 Å². The highest BCUT2D eigenvalue weighted by Gasteiger charge is 2.44. The van der Waals surface area contributed by atoms with Crippen LogP contribution in [0.1, 0.15) is 153 Å². The average Bonchev–Trinajstić information content (AvgIpc) is 3.92. The van der Waals surface area contributed by atoms with Gasteiger partial charge in [-0.1, -0.05) is 275 Å². The second-order valence-electron chi connectivity index (χ2n) is 22.3. The second kappa shape index (κ2) is 20.5. The predicted molar refractivity (Wildman–Crippen MR) is 322 cm³/mol. The van der Waals surface area contributed by atoms with Crippen LogP contribution in [0.5, 0.6) is 0 Å². The molecule has 12 rings (SSSR count). The van der Waals surface area contributed by atoms with Gasteiger partial charge in [-0.15, -0.1) is 0 Å². The van der Waals surface area contributed by atoms with Gasteiger partial charge in [0.1, 0.15) is 0 Å². The molecule has 0 fully saturated rings. The van der Waals surface area contributed by atoms with Gasteiger partial charge < -0.3 is 0 Å². The van der Waals surface area contributed by atoms with Crippen LogP contribution in [-0.2, 0) is 10.8 Å². The molecule has 370 valence electrons. The third kappa shape index (κ3) is 7.85. The highest BCUT2D eigenvalue weighted by molar-refractivity contribution is 6.30. The van der Waals surface area contributed by atoms with Crippen LogP contribution in [0.4, 0.5) is 0 Å². The fourth-order valence-electron chi connectivity index (χ4n) is 14.7. The van der Waals surface area contributed by atoms with Crippen molar-refractivity contribution in [3.63, 3.8) is 0 Å². The predicted octanol–water partition coefficient (Wildman–Crippen LogP) is 22.2. The van der Waals surface area contributed by atoms with Crippen LogP contribution in [0.15, 0.2) is 182 Å². The van der Waals surface area contributed by atoms with E-state index in [4.69, 9.17) is 0 Å². The average molecular weight is 963 g/mol. The van der Waals surface area contributed by atoms with Crippen molar-refractivity contribution >= 4 is 43.1 Å². The first kappa shape index (κ1) is 48.2. The molecule has 0 atom stereocenters. The Kier molecular flexibility index (Phi) is 13.4. The van der Waals surface area contributed by atoms with Crippen LogP contribution in [-0.4, -0.2) is 0 Å². The van der Waals surface area contributed by atoms with Crippen molar-refractivity contribution in [3.8, 4) is 55.6 Å². The molecule has 0 N–H and O–H groups in total. The normalized spacial score (nSPS) is 13.9.